The Morgan fingerprint density at radius 2 is 2.00 bits per heavy atom. The third kappa shape index (κ3) is 3.20. The fourth-order valence-electron chi connectivity index (χ4n) is 1.20. The lowest BCUT2D eigenvalue weighted by Gasteiger charge is -2.08. The van der Waals surface area contributed by atoms with Crippen LogP contribution in [0, 0.1) is 11.3 Å². The van der Waals surface area contributed by atoms with Gasteiger partial charge in [0.2, 0.25) is 0 Å². The number of alkyl halides is 3. The maximum Gasteiger partial charge on any atom is 0.433 e. The van der Waals surface area contributed by atoms with Crippen molar-refractivity contribution in [2.24, 2.45) is 0 Å². The average molecular weight is 282 g/mol. The first-order valence-corrected chi connectivity index (χ1v) is 5.74. The molecule has 0 saturated carbocycles. The van der Waals surface area contributed by atoms with Crippen LogP contribution in [0.4, 0.5) is 13.2 Å². The minimum absolute atomic E-state index is 0.0437. The number of rotatable bonds is 2. The maximum absolute atomic E-state index is 12.6. The summed E-state index contributed by atoms with van der Waals surface area (Å²) in [6.07, 6.45) is -0.323. The standard InChI is InChI=1S/C11H5F3N4S/c12-11(13,14)8-2-1-7(5-15)10(18-8)19-9-6-16-3-4-17-9/h1-4,6H. The molecule has 2 aromatic rings. The van der Waals surface area contributed by atoms with Gasteiger partial charge in [-0.3, -0.25) is 4.98 Å². The maximum atomic E-state index is 12.6. The van der Waals surface area contributed by atoms with Gasteiger partial charge in [0.15, 0.2) is 0 Å². The highest BCUT2D eigenvalue weighted by Gasteiger charge is 2.33. The Kier molecular flexibility index (Phi) is 3.66. The first-order chi connectivity index (χ1) is 9.00. The van der Waals surface area contributed by atoms with Crippen molar-refractivity contribution in [3.8, 4) is 6.07 Å². The lowest BCUT2D eigenvalue weighted by atomic mass is 10.2. The van der Waals surface area contributed by atoms with E-state index in [-0.39, 0.29) is 10.6 Å². The van der Waals surface area contributed by atoms with E-state index in [1.165, 1.54) is 18.6 Å². The number of nitrogens with zero attached hydrogens (tertiary/aromatic N) is 4. The minimum atomic E-state index is -4.55. The van der Waals surface area contributed by atoms with Crippen molar-refractivity contribution in [3.63, 3.8) is 0 Å². The first-order valence-electron chi connectivity index (χ1n) is 4.93. The van der Waals surface area contributed by atoms with Crippen molar-refractivity contribution < 1.29 is 13.2 Å². The summed E-state index contributed by atoms with van der Waals surface area (Å²) in [5.41, 5.74) is -0.985. The van der Waals surface area contributed by atoms with Gasteiger partial charge in [0.25, 0.3) is 0 Å². The molecular formula is C11H5F3N4S. The number of pyridine rings is 1. The summed E-state index contributed by atoms with van der Waals surface area (Å²) in [6, 6.07) is 3.66. The molecular weight excluding hydrogens is 277 g/mol. The van der Waals surface area contributed by atoms with Gasteiger partial charge in [0, 0.05) is 12.4 Å². The Morgan fingerprint density at radius 1 is 1.21 bits per heavy atom. The normalized spacial score (nSPS) is 11.1. The Balaban J connectivity index is 2.41. The number of halogens is 3. The van der Waals surface area contributed by atoms with Gasteiger partial charge in [0.05, 0.1) is 11.8 Å². The Labute approximate surface area is 110 Å². The predicted octanol–water partition coefficient (Wildman–Crippen LogP) is 2.91. The van der Waals surface area contributed by atoms with Gasteiger partial charge in [-0.2, -0.15) is 18.4 Å². The monoisotopic (exact) mass is 282 g/mol. The smallest absolute Gasteiger partial charge is 0.260 e. The second kappa shape index (κ2) is 5.24. The third-order valence-electron chi connectivity index (χ3n) is 2.01. The van der Waals surface area contributed by atoms with E-state index in [0.29, 0.717) is 5.03 Å². The molecule has 0 saturated heterocycles. The molecule has 2 aromatic heterocycles. The molecule has 2 heterocycles. The molecule has 8 heteroatoms. The van der Waals surface area contributed by atoms with Gasteiger partial charge in [-0.1, -0.05) is 0 Å². The highest BCUT2D eigenvalue weighted by atomic mass is 32.2. The zero-order chi connectivity index (χ0) is 13.9. The summed E-state index contributed by atoms with van der Waals surface area (Å²) < 4.78 is 37.7. The summed E-state index contributed by atoms with van der Waals surface area (Å²) in [6.45, 7) is 0. The molecule has 96 valence electrons. The van der Waals surface area contributed by atoms with Gasteiger partial charge in [0.1, 0.15) is 21.8 Å². The quantitative estimate of drug-likeness (QED) is 0.847. The summed E-state index contributed by atoms with van der Waals surface area (Å²) in [5.74, 6) is 0. The SMILES string of the molecule is N#Cc1ccc(C(F)(F)F)nc1Sc1cnccn1. The van der Waals surface area contributed by atoms with Crippen LogP contribution in [0.25, 0.3) is 0 Å². The summed E-state index contributed by atoms with van der Waals surface area (Å²) in [5, 5.41) is 9.19. The second-order valence-corrected chi connectivity index (χ2v) is 4.31. The van der Waals surface area contributed by atoms with Crippen LogP contribution in [0.15, 0.2) is 40.8 Å². The van der Waals surface area contributed by atoms with Crippen LogP contribution in [0.2, 0.25) is 0 Å². The molecule has 0 aliphatic carbocycles. The summed E-state index contributed by atoms with van der Waals surface area (Å²) >= 11 is 0.862. The number of nitriles is 1. The molecule has 0 unspecified atom stereocenters. The van der Waals surface area contributed by atoms with Crippen LogP contribution < -0.4 is 0 Å². The lowest BCUT2D eigenvalue weighted by molar-refractivity contribution is -0.141. The fourth-order valence-corrected chi connectivity index (χ4v) is 1.99. The second-order valence-electron chi connectivity index (χ2n) is 3.30. The molecule has 0 aromatic carbocycles. The minimum Gasteiger partial charge on any atom is -0.260 e. The Morgan fingerprint density at radius 3 is 2.58 bits per heavy atom. The van der Waals surface area contributed by atoms with Gasteiger partial charge >= 0.3 is 6.18 Å². The van der Waals surface area contributed by atoms with E-state index in [1.54, 1.807) is 6.07 Å². The molecule has 4 nitrogen and oxygen atoms in total. The van der Waals surface area contributed by atoms with Gasteiger partial charge in [-0.25, -0.2) is 9.97 Å². The van der Waals surface area contributed by atoms with Crippen molar-refractivity contribution in [1.29, 1.82) is 5.26 Å². The van der Waals surface area contributed by atoms with Crippen LogP contribution >= 0.6 is 11.8 Å². The molecule has 0 atom stereocenters. The molecule has 2 rings (SSSR count). The van der Waals surface area contributed by atoms with E-state index in [2.05, 4.69) is 15.0 Å². The summed E-state index contributed by atoms with van der Waals surface area (Å²) in [4.78, 5) is 11.2. The average Bonchev–Trinajstić information content (AvgIpc) is 2.39. The van der Waals surface area contributed by atoms with Crippen LogP contribution in [-0.4, -0.2) is 15.0 Å². The van der Waals surface area contributed by atoms with Crippen molar-refractivity contribution in [3.05, 3.63) is 42.0 Å². The zero-order valence-corrected chi connectivity index (χ0v) is 10.0. The first kappa shape index (κ1) is 13.3. The number of aromatic nitrogens is 3. The van der Waals surface area contributed by atoms with Crippen LogP contribution in [0.1, 0.15) is 11.3 Å². The van der Waals surface area contributed by atoms with Crippen LogP contribution in [0.3, 0.4) is 0 Å². The topological polar surface area (TPSA) is 62.5 Å². The van der Waals surface area contributed by atoms with Gasteiger partial charge in [-0.05, 0) is 23.9 Å². The molecule has 0 spiro atoms. The highest BCUT2D eigenvalue weighted by molar-refractivity contribution is 7.99. The fraction of sp³-hybridized carbons (Fsp3) is 0.0909. The van der Waals surface area contributed by atoms with Crippen molar-refractivity contribution in [1.82, 2.24) is 15.0 Å². The highest BCUT2D eigenvalue weighted by Crippen LogP contribution is 2.32. The van der Waals surface area contributed by atoms with Gasteiger partial charge < -0.3 is 0 Å². The molecule has 0 radical (unpaired) electrons. The molecule has 0 aliphatic rings. The van der Waals surface area contributed by atoms with E-state index >= 15 is 0 Å². The van der Waals surface area contributed by atoms with E-state index in [9.17, 15) is 13.2 Å². The largest absolute Gasteiger partial charge is 0.433 e. The van der Waals surface area contributed by atoms with Crippen molar-refractivity contribution in [2.75, 3.05) is 0 Å². The zero-order valence-electron chi connectivity index (χ0n) is 9.22. The van der Waals surface area contributed by atoms with Crippen LogP contribution in [-0.2, 0) is 6.18 Å². The van der Waals surface area contributed by atoms with Crippen molar-refractivity contribution >= 4 is 11.8 Å². The molecule has 0 fully saturated rings. The van der Waals surface area contributed by atoms with E-state index in [1.807, 2.05) is 0 Å². The van der Waals surface area contributed by atoms with Crippen molar-refractivity contribution in [2.45, 2.75) is 16.2 Å². The molecule has 0 aliphatic heterocycles. The van der Waals surface area contributed by atoms with Gasteiger partial charge in [-0.15, -0.1) is 0 Å². The van der Waals surface area contributed by atoms with E-state index in [0.717, 1.165) is 23.9 Å². The molecule has 0 N–H and O–H groups in total. The third-order valence-corrected chi connectivity index (χ3v) is 2.94. The molecule has 19 heavy (non-hydrogen) atoms. The van der Waals surface area contributed by atoms with E-state index < -0.39 is 11.9 Å². The predicted molar refractivity (Wildman–Crippen MR) is 60.1 cm³/mol. The number of hydrogen-bond acceptors (Lipinski definition) is 5. The van der Waals surface area contributed by atoms with E-state index in [4.69, 9.17) is 5.26 Å². The molecule has 0 amide bonds. The summed E-state index contributed by atoms with van der Waals surface area (Å²) in [7, 11) is 0. The lowest BCUT2D eigenvalue weighted by Crippen LogP contribution is -2.08. The van der Waals surface area contributed by atoms with Crippen LogP contribution in [0.5, 0.6) is 0 Å². The number of hydrogen-bond donors (Lipinski definition) is 0. The Bertz CT molecular complexity index is 622. The molecule has 0 bridgehead atoms. The Hall–Kier alpha value is -2.14.